The van der Waals surface area contributed by atoms with Gasteiger partial charge < -0.3 is 16.0 Å². The molecule has 1 unspecified atom stereocenters. The molecule has 6 heteroatoms. The molecule has 1 aliphatic carbocycles. The Morgan fingerprint density at radius 1 is 1.28 bits per heavy atom. The fourth-order valence-corrected chi connectivity index (χ4v) is 4.04. The predicted octanol–water partition coefficient (Wildman–Crippen LogP) is 1.84. The first kappa shape index (κ1) is 19.7. The van der Waals surface area contributed by atoms with Gasteiger partial charge in [-0.15, -0.1) is 12.4 Å². The van der Waals surface area contributed by atoms with Crippen molar-refractivity contribution in [2.75, 3.05) is 20.1 Å². The Kier molecular flexibility index (Phi) is 6.47. The van der Waals surface area contributed by atoms with E-state index in [1.807, 2.05) is 18.2 Å². The summed E-state index contributed by atoms with van der Waals surface area (Å²) in [5, 5.41) is 3.08. The van der Waals surface area contributed by atoms with E-state index in [0.29, 0.717) is 13.0 Å². The van der Waals surface area contributed by atoms with Crippen LogP contribution in [0, 0.1) is 5.92 Å². The summed E-state index contributed by atoms with van der Waals surface area (Å²) < 4.78 is 0. The highest BCUT2D eigenvalue weighted by atomic mass is 35.5. The van der Waals surface area contributed by atoms with Gasteiger partial charge in [0, 0.05) is 31.6 Å². The fourth-order valence-electron chi connectivity index (χ4n) is 4.04. The molecular weight excluding hydrogens is 338 g/mol. The third kappa shape index (κ3) is 3.98. The van der Waals surface area contributed by atoms with Crippen LogP contribution in [0.15, 0.2) is 30.3 Å². The van der Waals surface area contributed by atoms with Gasteiger partial charge in [-0.2, -0.15) is 0 Å². The van der Waals surface area contributed by atoms with Crippen molar-refractivity contribution in [3.8, 4) is 0 Å². The average Bonchev–Trinajstić information content (AvgIpc) is 2.73. The molecule has 2 amide bonds. The standard InChI is InChI=1S/C19H27N3O2.ClH/c1-22-10-6-5-9-16(18(22)24)17(23)21-15-11-19(12-15,13-20)14-7-3-2-4-8-14;/h2-4,7-8,15-16H,5-6,9-13,20H2,1H3,(H,21,23);1H. The number of likely N-dealkylation sites (tertiary alicyclic amines) is 1. The van der Waals surface area contributed by atoms with Gasteiger partial charge in [0.25, 0.3) is 0 Å². The molecule has 5 nitrogen and oxygen atoms in total. The summed E-state index contributed by atoms with van der Waals surface area (Å²) in [6, 6.07) is 10.4. The molecule has 1 aromatic rings. The summed E-state index contributed by atoms with van der Waals surface area (Å²) in [4.78, 5) is 26.6. The van der Waals surface area contributed by atoms with E-state index in [2.05, 4.69) is 17.4 Å². The molecule has 0 radical (unpaired) electrons. The maximum atomic E-state index is 12.6. The maximum Gasteiger partial charge on any atom is 0.234 e. The molecule has 25 heavy (non-hydrogen) atoms. The summed E-state index contributed by atoms with van der Waals surface area (Å²) in [7, 11) is 1.78. The fraction of sp³-hybridized carbons (Fsp3) is 0.579. The SMILES string of the molecule is CN1CCCCC(C(=O)NC2CC(CN)(c3ccccc3)C2)C1=O.Cl. The number of benzene rings is 1. The minimum atomic E-state index is -0.526. The summed E-state index contributed by atoms with van der Waals surface area (Å²) in [5.41, 5.74) is 7.22. The van der Waals surface area contributed by atoms with Crippen molar-refractivity contribution < 1.29 is 9.59 Å². The van der Waals surface area contributed by atoms with E-state index in [1.54, 1.807) is 11.9 Å². The Morgan fingerprint density at radius 2 is 1.96 bits per heavy atom. The van der Waals surface area contributed by atoms with Crippen molar-refractivity contribution >= 4 is 24.2 Å². The van der Waals surface area contributed by atoms with Crippen LogP contribution in [0.25, 0.3) is 0 Å². The summed E-state index contributed by atoms with van der Waals surface area (Å²) in [6.07, 6.45) is 4.24. The lowest BCUT2D eigenvalue weighted by atomic mass is 9.61. The smallest absolute Gasteiger partial charge is 0.234 e. The molecule has 1 saturated heterocycles. The van der Waals surface area contributed by atoms with Gasteiger partial charge in [0.1, 0.15) is 5.92 Å². The van der Waals surface area contributed by atoms with Gasteiger partial charge in [0.05, 0.1) is 0 Å². The van der Waals surface area contributed by atoms with E-state index >= 15 is 0 Å². The Morgan fingerprint density at radius 3 is 2.60 bits per heavy atom. The van der Waals surface area contributed by atoms with Crippen molar-refractivity contribution in [1.29, 1.82) is 0 Å². The van der Waals surface area contributed by atoms with Crippen LogP contribution >= 0.6 is 12.4 Å². The van der Waals surface area contributed by atoms with Crippen molar-refractivity contribution in [3.63, 3.8) is 0 Å². The molecule has 1 aromatic carbocycles. The first-order valence-corrected chi connectivity index (χ1v) is 8.87. The minimum Gasteiger partial charge on any atom is -0.353 e. The summed E-state index contributed by atoms with van der Waals surface area (Å²) in [6.45, 7) is 1.32. The number of carbonyl (C=O) groups is 2. The topological polar surface area (TPSA) is 75.4 Å². The molecular formula is C19H28ClN3O2. The molecule has 0 bridgehead atoms. The van der Waals surface area contributed by atoms with Crippen molar-refractivity contribution in [2.24, 2.45) is 11.7 Å². The summed E-state index contributed by atoms with van der Waals surface area (Å²) >= 11 is 0. The van der Waals surface area contributed by atoms with Gasteiger partial charge in [0.2, 0.25) is 11.8 Å². The van der Waals surface area contributed by atoms with Gasteiger partial charge in [-0.1, -0.05) is 36.8 Å². The zero-order valence-corrected chi connectivity index (χ0v) is 15.6. The van der Waals surface area contributed by atoms with Crippen molar-refractivity contribution in [2.45, 2.75) is 43.6 Å². The van der Waals surface area contributed by atoms with E-state index in [0.717, 1.165) is 32.2 Å². The predicted molar refractivity (Wildman–Crippen MR) is 101 cm³/mol. The van der Waals surface area contributed by atoms with Crippen LogP contribution in [0.4, 0.5) is 0 Å². The largest absolute Gasteiger partial charge is 0.353 e. The Labute approximate surface area is 155 Å². The Hall–Kier alpha value is -1.59. The number of hydrogen-bond acceptors (Lipinski definition) is 3. The Bertz CT molecular complexity index is 602. The molecule has 2 aliphatic rings. The van der Waals surface area contributed by atoms with E-state index < -0.39 is 5.92 Å². The molecule has 3 N–H and O–H groups in total. The molecule has 1 aliphatic heterocycles. The van der Waals surface area contributed by atoms with E-state index in [1.165, 1.54) is 5.56 Å². The van der Waals surface area contributed by atoms with Gasteiger partial charge in [0.15, 0.2) is 0 Å². The van der Waals surface area contributed by atoms with Crippen LogP contribution in [0.2, 0.25) is 0 Å². The molecule has 2 fully saturated rings. The number of nitrogens with two attached hydrogens (primary N) is 1. The maximum absolute atomic E-state index is 12.6. The number of hydrogen-bond donors (Lipinski definition) is 2. The van der Waals surface area contributed by atoms with E-state index in [9.17, 15) is 9.59 Å². The highest BCUT2D eigenvalue weighted by molar-refractivity contribution is 6.00. The molecule has 0 aromatic heterocycles. The highest BCUT2D eigenvalue weighted by Gasteiger charge is 2.46. The van der Waals surface area contributed by atoms with Crippen molar-refractivity contribution in [3.05, 3.63) is 35.9 Å². The third-order valence-electron chi connectivity index (χ3n) is 5.62. The molecule has 1 atom stereocenters. The third-order valence-corrected chi connectivity index (χ3v) is 5.62. The molecule has 1 saturated carbocycles. The average molecular weight is 366 g/mol. The lowest BCUT2D eigenvalue weighted by molar-refractivity contribution is -0.141. The van der Waals surface area contributed by atoms with Crippen LogP contribution in [-0.4, -0.2) is 42.9 Å². The number of nitrogens with one attached hydrogen (secondary N) is 1. The van der Waals surface area contributed by atoms with Crippen LogP contribution in [0.3, 0.4) is 0 Å². The van der Waals surface area contributed by atoms with Crippen LogP contribution < -0.4 is 11.1 Å². The van der Waals surface area contributed by atoms with Gasteiger partial charge in [-0.25, -0.2) is 0 Å². The molecule has 3 rings (SSSR count). The lowest BCUT2D eigenvalue weighted by Gasteiger charge is -2.48. The lowest BCUT2D eigenvalue weighted by Crippen LogP contribution is -2.58. The van der Waals surface area contributed by atoms with E-state index in [4.69, 9.17) is 5.73 Å². The number of carbonyl (C=O) groups excluding carboxylic acids is 2. The first-order valence-electron chi connectivity index (χ1n) is 8.87. The number of rotatable bonds is 4. The normalized spacial score (nSPS) is 29.2. The monoisotopic (exact) mass is 365 g/mol. The second kappa shape index (κ2) is 8.19. The minimum absolute atomic E-state index is 0. The molecule has 138 valence electrons. The van der Waals surface area contributed by atoms with Gasteiger partial charge in [-0.05, 0) is 31.2 Å². The molecule has 0 spiro atoms. The van der Waals surface area contributed by atoms with Crippen LogP contribution in [-0.2, 0) is 15.0 Å². The second-order valence-electron chi connectivity index (χ2n) is 7.27. The van der Waals surface area contributed by atoms with E-state index in [-0.39, 0.29) is 35.7 Å². The van der Waals surface area contributed by atoms with Crippen molar-refractivity contribution in [1.82, 2.24) is 10.2 Å². The summed E-state index contributed by atoms with van der Waals surface area (Å²) in [5.74, 6) is -0.683. The first-order chi connectivity index (χ1) is 11.6. The molecule has 1 heterocycles. The van der Waals surface area contributed by atoms with Gasteiger partial charge in [-0.3, -0.25) is 9.59 Å². The van der Waals surface area contributed by atoms with Crippen LogP contribution in [0.1, 0.15) is 37.7 Å². The number of amides is 2. The zero-order valence-electron chi connectivity index (χ0n) is 14.7. The number of halogens is 1. The second-order valence-corrected chi connectivity index (χ2v) is 7.27. The highest BCUT2D eigenvalue weighted by Crippen LogP contribution is 2.43. The zero-order chi connectivity index (χ0) is 17.2. The number of nitrogens with zero attached hydrogens (tertiary/aromatic N) is 1. The van der Waals surface area contributed by atoms with Crippen LogP contribution in [0.5, 0.6) is 0 Å². The van der Waals surface area contributed by atoms with Gasteiger partial charge >= 0.3 is 0 Å². The Balaban J connectivity index is 0.00000225. The quantitative estimate of drug-likeness (QED) is 0.799.